The third-order valence-electron chi connectivity index (χ3n) is 5.95. The van der Waals surface area contributed by atoms with Crippen LogP contribution in [0.15, 0.2) is 109 Å². The Labute approximate surface area is 178 Å². The number of ether oxygens (including phenoxy) is 2. The van der Waals surface area contributed by atoms with Gasteiger partial charge in [0.15, 0.2) is 11.5 Å². The molecule has 0 radical (unpaired) electrons. The van der Waals surface area contributed by atoms with Crippen LogP contribution in [0, 0.1) is 0 Å². The van der Waals surface area contributed by atoms with Crippen molar-refractivity contribution in [1.29, 1.82) is 0 Å². The minimum atomic E-state index is -1.99. The van der Waals surface area contributed by atoms with E-state index in [9.17, 15) is 0 Å². The lowest BCUT2D eigenvalue weighted by Crippen LogP contribution is -2.34. The van der Waals surface area contributed by atoms with Crippen molar-refractivity contribution in [3.05, 3.63) is 115 Å². The van der Waals surface area contributed by atoms with Gasteiger partial charge in [-0.15, -0.1) is 0 Å². The molecule has 3 heteroatoms. The molecule has 0 unspecified atom stereocenters. The van der Waals surface area contributed by atoms with Gasteiger partial charge in [0.25, 0.3) is 0 Å². The second-order valence-electron chi connectivity index (χ2n) is 7.52. The lowest BCUT2D eigenvalue weighted by atomic mass is 10.1. The van der Waals surface area contributed by atoms with E-state index in [1.54, 1.807) is 0 Å². The summed E-state index contributed by atoms with van der Waals surface area (Å²) in [5.41, 5.74) is 1.53. The molecule has 1 aliphatic heterocycles. The first-order valence-electron chi connectivity index (χ1n) is 10.3. The molecule has 0 aromatic heterocycles. The van der Waals surface area contributed by atoms with Crippen molar-refractivity contribution in [3.8, 4) is 11.5 Å². The highest BCUT2D eigenvalue weighted by atomic mass is 31.2. The third-order valence-corrected chi connectivity index (χ3v) is 10.7. The van der Waals surface area contributed by atoms with Crippen LogP contribution in [-0.4, -0.2) is 6.79 Å². The van der Waals surface area contributed by atoms with Gasteiger partial charge in [-0.1, -0.05) is 60.7 Å². The van der Waals surface area contributed by atoms with Crippen molar-refractivity contribution in [2.75, 3.05) is 6.79 Å². The molecule has 0 saturated heterocycles. The maximum atomic E-state index is 5.71. The zero-order chi connectivity index (χ0) is 20.4. The van der Waals surface area contributed by atoms with Crippen molar-refractivity contribution in [2.24, 2.45) is 0 Å². The second kappa shape index (κ2) is 7.97. The summed E-state index contributed by atoms with van der Waals surface area (Å²) in [6.45, 7) is 2.65. The SMILES string of the molecule is C[C@H](c1ccc2c(c1)OCO2)[P+](c1ccccc1)(c1ccccc1)c1ccccc1. The highest BCUT2D eigenvalue weighted by molar-refractivity contribution is 7.95. The van der Waals surface area contributed by atoms with E-state index in [0.29, 0.717) is 6.79 Å². The molecule has 0 saturated carbocycles. The molecule has 0 bridgehead atoms. The molecule has 148 valence electrons. The van der Waals surface area contributed by atoms with Crippen LogP contribution in [0.1, 0.15) is 18.1 Å². The van der Waals surface area contributed by atoms with Gasteiger partial charge in [-0.05, 0) is 61.0 Å². The van der Waals surface area contributed by atoms with Gasteiger partial charge in [-0.3, -0.25) is 0 Å². The van der Waals surface area contributed by atoms with Crippen molar-refractivity contribution >= 4 is 23.2 Å². The van der Waals surface area contributed by atoms with Crippen LogP contribution >= 0.6 is 7.26 Å². The summed E-state index contributed by atoms with van der Waals surface area (Å²) in [6.07, 6.45) is 0. The van der Waals surface area contributed by atoms with E-state index >= 15 is 0 Å². The summed E-state index contributed by atoms with van der Waals surface area (Å²) in [6, 6.07) is 39.4. The predicted molar refractivity (Wildman–Crippen MR) is 126 cm³/mol. The van der Waals surface area contributed by atoms with Crippen molar-refractivity contribution in [1.82, 2.24) is 0 Å². The van der Waals surface area contributed by atoms with Crippen LogP contribution in [0.25, 0.3) is 0 Å². The van der Waals surface area contributed by atoms with E-state index in [1.807, 2.05) is 6.07 Å². The Morgan fingerprint density at radius 2 is 1.07 bits per heavy atom. The Balaban J connectivity index is 1.79. The number of fused-ring (bicyclic) bond motifs is 1. The van der Waals surface area contributed by atoms with Crippen molar-refractivity contribution < 1.29 is 9.47 Å². The molecule has 5 rings (SSSR count). The topological polar surface area (TPSA) is 18.5 Å². The summed E-state index contributed by atoms with van der Waals surface area (Å²) < 4.78 is 11.3. The van der Waals surface area contributed by atoms with Gasteiger partial charge in [-0.2, -0.15) is 0 Å². The molecule has 2 nitrogen and oxygen atoms in total. The van der Waals surface area contributed by atoms with Gasteiger partial charge in [0, 0.05) is 0 Å². The van der Waals surface area contributed by atoms with Gasteiger partial charge < -0.3 is 9.47 Å². The minimum absolute atomic E-state index is 0.263. The zero-order valence-corrected chi connectivity index (χ0v) is 17.8. The highest BCUT2D eigenvalue weighted by Crippen LogP contribution is 2.66. The Morgan fingerprint density at radius 3 is 1.57 bits per heavy atom. The van der Waals surface area contributed by atoms with Gasteiger partial charge in [0.05, 0.1) is 0 Å². The van der Waals surface area contributed by atoms with E-state index in [2.05, 4.69) is 110 Å². The van der Waals surface area contributed by atoms with Crippen LogP contribution in [0.4, 0.5) is 0 Å². The largest absolute Gasteiger partial charge is 0.454 e. The smallest absolute Gasteiger partial charge is 0.231 e. The first-order chi connectivity index (χ1) is 14.8. The standard InChI is InChI=1S/C27H24O2P/c1-21(22-17-18-26-27(19-22)29-20-28-26)30(23-11-5-2-6-12-23,24-13-7-3-8-14-24)25-15-9-4-10-16-25/h2-19,21H,20H2,1H3/q+1/t21-/m1/s1. The highest BCUT2D eigenvalue weighted by Gasteiger charge is 2.51. The zero-order valence-electron chi connectivity index (χ0n) is 16.9. The van der Waals surface area contributed by atoms with Gasteiger partial charge >= 0.3 is 0 Å². The monoisotopic (exact) mass is 411 g/mol. The van der Waals surface area contributed by atoms with Crippen LogP contribution in [0.3, 0.4) is 0 Å². The fourth-order valence-corrected chi connectivity index (χ4v) is 9.28. The third kappa shape index (κ3) is 3.09. The molecule has 30 heavy (non-hydrogen) atoms. The Morgan fingerprint density at radius 1 is 0.600 bits per heavy atom. The lowest BCUT2D eigenvalue weighted by Gasteiger charge is -2.33. The predicted octanol–water partition coefficient (Wildman–Crippen LogP) is 5.47. The molecular formula is C27H24O2P+. The van der Waals surface area contributed by atoms with E-state index in [-0.39, 0.29) is 5.66 Å². The Kier molecular flexibility index (Phi) is 5.02. The number of benzene rings is 4. The van der Waals surface area contributed by atoms with E-state index in [0.717, 1.165) is 11.5 Å². The molecule has 0 aliphatic carbocycles. The Bertz CT molecular complexity index is 1030. The average molecular weight is 411 g/mol. The quantitative estimate of drug-likeness (QED) is 0.406. The van der Waals surface area contributed by atoms with E-state index < -0.39 is 7.26 Å². The van der Waals surface area contributed by atoms with Crippen LogP contribution in [-0.2, 0) is 0 Å². The van der Waals surface area contributed by atoms with Crippen LogP contribution in [0.2, 0.25) is 0 Å². The maximum Gasteiger partial charge on any atom is 0.231 e. The fourth-order valence-electron chi connectivity index (χ4n) is 4.50. The first kappa shape index (κ1) is 18.9. The average Bonchev–Trinajstić information content (AvgIpc) is 3.30. The molecular weight excluding hydrogens is 387 g/mol. The van der Waals surface area contributed by atoms with Gasteiger partial charge in [0.1, 0.15) is 28.8 Å². The molecule has 0 amide bonds. The molecule has 4 aromatic carbocycles. The van der Waals surface area contributed by atoms with Gasteiger partial charge in [0.2, 0.25) is 6.79 Å². The summed E-state index contributed by atoms with van der Waals surface area (Å²) >= 11 is 0. The summed E-state index contributed by atoms with van der Waals surface area (Å²) in [7, 11) is -1.99. The lowest BCUT2D eigenvalue weighted by molar-refractivity contribution is 0.174. The van der Waals surface area contributed by atoms with Crippen molar-refractivity contribution in [2.45, 2.75) is 12.6 Å². The summed E-state index contributed by atoms with van der Waals surface area (Å²) in [5.74, 6) is 1.67. The summed E-state index contributed by atoms with van der Waals surface area (Å²) in [5, 5.41) is 4.15. The first-order valence-corrected chi connectivity index (χ1v) is 12.1. The van der Waals surface area contributed by atoms with Crippen LogP contribution in [0.5, 0.6) is 11.5 Å². The van der Waals surface area contributed by atoms with E-state index in [1.165, 1.54) is 21.5 Å². The second-order valence-corrected chi connectivity index (χ2v) is 11.3. The molecule has 1 heterocycles. The molecule has 4 aromatic rings. The number of rotatable bonds is 5. The maximum absolute atomic E-state index is 5.71. The molecule has 1 aliphatic rings. The molecule has 0 spiro atoms. The molecule has 1 atom stereocenters. The fraction of sp³-hybridized carbons (Fsp3) is 0.111. The van der Waals surface area contributed by atoms with Crippen LogP contribution < -0.4 is 25.4 Å². The van der Waals surface area contributed by atoms with E-state index in [4.69, 9.17) is 9.47 Å². The van der Waals surface area contributed by atoms with Crippen molar-refractivity contribution in [3.63, 3.8) is 0 Å². The Hall–Kier alpha value is -3.09. The normalized spacial score (nSPS) is 13.8. The number of hydrogen-bond acceptors (Lipinski definition) is 2. The number of hydrogen-bond donors (Lipinski definition) is 0. The minimum Gasteiger partial charge on any atom is -0.454 e. The summed E-state index contributed by atoms with van der Waals surface area (Å²) in [4.78, 5) is 0. The molecule has 0 fully saturated rings. The molecule has 0 N–H and O–H groups in total. The van der Waals surface area contributed by atoms with Gasteiger partial charge in [-0.25, -0.2) is 0 Å².